The van der Waals surface area contributed by atoms with Crippen LogP contribution in [0, 0.1) is 0 Å². The Morgan fingerprint density at radius 2 is 1.65 bits per heavy atom. The van der Waals surface area contributed by atoms with Gasteiger partial charge in [0.2, 0.25) is 5.91 Å². The van der Waals surface area contributed by atoms with Gasteiger partial charge in [0.15, 0.2) is 0 Å². The van der Waals surface area contributed by atoms with Crippen LogP contribution in [0.1, 0.15) is 34.1 Å². The van der Waals surface area contributed by atoms with Gasteiger partial charge in [0.1, 0.15) is 16.7 Å². The number of halogens is 6. The predicted molar refractivity (Wildman–Crippen MR) is 97.8 cm³/mol. The van der Waals surface area contributed by atoms with Crippen molar-refractivity contribution in [3.05, 3.63) is 76.9 Å². The van der Waals surface area contributed by atoms with Crippen molar-refractivity contribution in [1.82, 2.24) is 10.2 Å². The topological polar surface area (TPSA) is 82.0 Å². The first kappa shape index (κ1) is 22.7. The van der Waals surface area contributed by atoms with Gasteiger partial charge < -0.3 is 10.2 Å². The predicted octanol–water partition coefficient (Wildman–Crippen LogP) is 5.02. The highest BCUT2D eigenvalue weighted by molar-refractivity contribution is 7.98. The quantitative estimate of drug-likeness (QED) is 0.412. The van der Waals surface area contributed by atoms with E-state index in [1.807, 2.05) is 0 Å². The molecule has 1 atom stereocenters. The van der Waals surface area contributed by atoms with Gasteiger partial charge in [-0.1, -0.05) is 11.8 Å². The molecule has 1 amide bonds. The molecule has 0 bridgehead atoms. The molecule has 0 spiro atoms. The zero-order valence-electron chi connectivity index (χ0n) is 15.4. The van der Waals surface area contributed by atoms with Gasteiger partial charge in [-0.2, -0.15) is 31.4 Å². The molecule has 12 heteroatoms. The lowest BCUT2D eigenvalue weighted by Crippen LogP contribution is -2.25. The second-order valence-electron chi connectivity index (χ2n) is 6.34. The summed E-state index contributed by atoms with van der Waals surface area (Å²) in [5, 5.41) is 8.07. The van der Waals surface area contributed by atoms with Crippen molar-refractivity contribution in [2.75, 3.05) is 0 Å². The summed E-state index contributed by atoms with van der Waals surface area (Å²) in [6.07, 6.45) is -8.63. The van der Waals surface area contributed by atoms with Gasteiger partial charge >= 0.3 is 12.4 Å². The van der Waals surface area contributed by atoms with Crippen LogP contribution in [0.3, 0.4) is 0 Å². The molecule has 31 heavy (non-hydrogen) atoms. The minimum atomic E-state index is -5.06. The minimum absolute atomic E-state index is 0.0262. The lowest BCUT2D eigenvalue weighted by Gasteiger charge is -2.18. The third-order valence-corrected chi connectivity index (χ3v) is 5.07. The largest absolute Gasteiger partial charge is 0.468 e. The molecule has 5 nitrogen and oxygen atoms in total. The van der Waals surface area contributed by atoms with Gasteiger partial charge in [-0.3, -0.25) is 4.79 Å². The van der Waals surface area contributed by atoms with Crippen LogP contribution in [-0.2, 0) is 22.9 Å². The van der Waals surface area contributed by atoms with Crippen LogP contribution in [0.4, 0.5) is 26.3 Å². The molecule has 2 heterocycles. The van der Waals surface area contributed by atoms with E-state index in [2.05, 4.69) is 10.2 Å². The molecular weight excluding hydrogens is 448 g/mol. The van der Waals surface area contributed by atoms with Crippen molar-refractivity contribution in [3.63, 3.8) is 0 Å². The monoisotopic (exact) mass is 461 g/mol. The summed E-state index contributed by atoms with van der Waals surface area (Å²) >= 11 is 1.23. The van der Waals surface area contributed by atoms with E-state index < -0.39 is 40.9 Å². The Bertz CT molecular complexity index is 1020. The summed E-state index contributed by atoms with van der Waals surface area (Å²) in [5.41, 5.74) is 1.42. The van der Waals surface area contributed by atoms with E-state index >= 15 is 0 Å². The maximum Gasteiger partial charge on any atom is 0.416 e. The molecule has 2 N–H and O–H groups in total. The van der Waals surface area contributed by atoms with Crippen LogP contribution in [0.5, 0.6) is 0 Å². The van der Waals surface area contributed by atoms with Crippen LogP contribution in [0.25, 0.3) is 0 Å². The van der Waals surface area contributed by atoms with Gasteiger partial charge in [0, 0.05) is 0 Å². The molecule has 0 radical (unpaired) electrons. The Labute approximate surface area is 175 Å². The highest BCUT2D eigenvalue weighted by atomic mass is 32.2. The minimum Gasteiger partial charge on any atom is -0.468 e. The highest BCUT2D eigenvalue weighted by Crippen LogP contribution is 2.38. The van der Waals surface area contributed by atoms with E-state index in [1.165, 1.54) is 30.2 Å². The molecule has 0 aliphatic heterocycles. The molecule has 0 saturated heterocycles. The average molecular weight is 461 g/mol. The number of nitrogens with zero attached hydrogens (tertiary/aromatic N) is 2. The first-order chi connectivity index (χ1) is 14.4. The van der Waals surface area contributed by atoms with E-state index in [0.29, 0.717) is 28.7 Å². The van der Waals surface area contributed by atoms with Crippen molar-refractivity contribution in [2.45, 2.75) is 29.0 Å². The molecule has 1 unspecified atom stereocenters. The normalized spacial score (nSPS) is 13.2. The van der Waals surface area contributed by atoms with Gasteiger partial charge in [0.05, 0.1) is 28.8 Å². The Morgan fingerprint density at radius 3 is 2.10 bits per heavy atom. The van der Waals surface area contributed by atoms with Crippen molar-refractivity contribution < 1.29 is 35.6 Å². The number of hydrogen-bond donors (Lipinski definition) is 1. The molecule has 3 aromatic rings. The smallest absolute Gasteiger partial charge is 0.416 e. The van der Waals surface area contributed by atoms with Crippen LogP contribution >= 0.6 is 11.8 Å². The van der Waals surface area contributed by atoms with Crippen molar-refractivity contribution in [3.8, 4) is 0 Å². The third-order valence-electron chi connectivity index (χ3n) is 4.13. The summed E-state index contributed by atoms with van der Waals surface area (Å²) < 4.78 is 84.0. The molecule has 0 fully saturated rings. The molecule has 164 valence electrons. The van der Waals surface area contributed by atoms with E-state index in [4.69, 9.17) is 10.2 Å². The number of alkyl halides is 6. The Balaban J connectivity index is 1.95. The molecule has 2 aromatic heterocycles. The lowest BCUT2D eigenvalue weighted by atomic mass is 9.91. The number of thioether (sulfide) groups is 1. The molecule has 1 aromatic carbocycles. The number of aromatic nitrogens is 2. The van der Waals surface area contributed by atoms with Crippen LogP contribution < -0.4 is 5.73 Å². The summed E-state index contributed by atoms with van der Waals surface area (Å²) in [6.45, 7) is 0. The first-order valence-electron chi connectivity index (χ1n) is 8.52. The van der Waals surface area contributed by atoms with Crippen LogP contribution in [0.15, 0.2) is 58.2 Å². The highest BCUT2D eigenvalue weighted by Gasteiger charge is 2.38. The van der Waals surface area contributed by atoms with Gasteiger partial charge in [0.25, 0.3) is 0 Å². The molecule has 3 rings (SSSR count). The van der Waals surface area contributed by atoms with Crippen LogP contribution in [0.2, 0.25) is 0 Å². The zero-order chi connectivity index (χ0) is 22.8. The number of carbonyl (C=O) groups is 1. The average Bonchev–Trinajstić information content (AvgIpc) is 3.19. The Morgan fingerprint density at radius 1 is 1.00 bits per heavy atom. The van der Waals surface area contributed by atoms with Crippen molar-refractivity contribution in [1.29, 1.82) is 0 Å². The number of furan rings is 1. The van der Waals surface area contributed by atoms with Crippen molar-refractivity contribution >= 4 is 17.7 Å². The van der Waals surface area contributed by atoms with E-state index in [1.54, 1.807) is 12.1 Å². The van der Waals surface area contributed by atoms with Gasteiger partial charge in [-0.15, -0.1) is 5.10 Å². The fraction of sp³-hybridized carbons (Fsp3) is 0.211. The maximum absolute atomic E-state index is 13.1. The van der Waals surface area contributed by atoms with Gasteiger partial charge in [-0.25, -0.2) is 0 Å². The fourth-order valence-electron chi connectivity index (χ4n) is 2.73. The second-order valence-corrected chi connectivity index (χ2v) is 7.33. The molecule has 0 aliphatic carbocycles. The molecular formula is C19H13F6N3O2S. The number of rotatable bonds is 6. The van der Waals surface area contributed by atoms with Crippen LogP contribution in [-0.4, -0.2) is 16.1 Å². The van der Waals surface area contributed by atoms with E-state index in [9.17, 15) is 31.1 Å². The third kappa shape index (κ3) is 5.57. The molecule has 0 saturated carbocycles. The summed E-state index contributed by atoms with van der Waals surface area (Å²) in [7, 11) is 0. The number of hydrogen-bond acceptors (Lipinski definition) is 5. The summed E-state index contributed by atoms with van der Waals surface area (Å²) in [6, 6.07) is 7.03. The first-order valence-corrected chi connectivity index (χ1v) is 9.51. The second kappa shape index (κ2) is 8.61. The number of carbonyl (C=O) groups excluding carboxylic acids is 1. The Hall–Kier alpha value is -3.02. The molecule has 0 aliphatic rings. The summed E-state index contributed by atoms with van der Waals surface area (Å²) in [4.78, 5) is 12.0. The standard InChI is InChI=1S/C19H13F6N3O2S/c20-18(21,22)11-6-10(7-12(8-11)19(23,24)25)16(17(26)29)14-3-4-15(28-27-14)31-9-13-2-1-5-30-13/h1-8,16H,9H2,(H2,26,29). The number of amides is 1. The van der Waals surface area contributed by atoms with E-state index in [-0.39, 0.29) is 11.8 Å². The maximum atomic E-state index is 13.1. The Kier molecular flexibility index (Phi) is 6.30. The number of benzene rings is 1. The van der Waals surface area contributed by atoms with E-state index in [0.717, 1.165) is 0 Å². The summed E-state index contributed by atoms with van der Waals surface area (Å²) in [5.74, 6) is -1.74. The van der Waals surface area contributed by atoms with Gasteiger partial charge in [-0.05, 0) is 48.0 Å². The van der Waals surface area contributed by atoms with Crippen molar-refractivity contribution in [2.24, 2.45) is 5.73 Å². The fourth-order valence-corrected chi connectivity index (χ4v) is 3.44. The number of nitrogens with two attached hydrogens (primary N) is 1. The SMILES string of the molecule is NC(=O)C(c1cc(C(F)(F)F)cc(C(F)(F)F)c1)c1ccc(SCc2ccco2)nn1. The zero-order valence-corrected chi connectivity index (χ0v) is 16.2. The number of primary amides is 1. The lowest BCUT2D eigenvalue weighted by molar-refractivity contribution is -0.143.